The Labute approximate surface area is 250 Å². The van der Waals surface area contributed by atoms with Gasteiger partial charge in [0, 0.05) is 24.3 Å². The van der Waals surface area contributed by atoms with Crippen molar-refractivity contribution in [1.29, 1.82) is 0 Å². The lowest BCUT2D eigenvalue weighted by molar-refractivity contribution is 0.106. The van der Waals surface area contributed by atoms with Crippen LogP contribution in [0.5, 0.6) is 11.5 Å². The summed E-state index contributed by atoms with van der Waals surface area (Å²) in [5.74, 6) is 0.401. The molecule has 0 radical (unpaired) electrons. The Morgan fingerprint density at radius 2 is 1.24 bits per heavy atom. The number of aryl methyl sites for hydroxylation is 1. The molecule has 42 heavy (non-hydrogen) atoms. The van der Waals surface area contributed by atoms with Gasteiger partial charge >= 0.3 is 0 Å². The molecule has 0 saturated carbocycles. The fourth-order valence-corrected chi connectivity index (χ4v) is 4.97. The van der Waals surface area contributed by atoms with Gasteiger partial charge in [-0.3, -0.25) is 0 Å². The van der Waals surface area contributed by atoms with Crippen molar-refractivity contribution >= 4 is 0 Å². The second-order valence-corrected chi connectivity index (χ2v) is 10.9. The van der Waals surface area contributed by atoms with Crippen molar-refractivity contribution in [3.63, 3.8) is 0 Å². The SMILES string of the molecule is OCc1cc(C(O)COc2ccc(C(O)CCCCCCCCOCCCCc3ccccc3)cc2CO)ccc1O. The van der Waals surface area contributed by atoms with Crippen LogP contribution in [0.3, 0.4) is 0 Å². The van der Waals surface area contributed by atoms with Gasteiger partial charge < -0.3 is 35.0 Å². The first-order valence-electron chi connectivity index (χ1n) is 15.3. The topological polar surface area (TPSA) is 120 Å². The van der Waals surface area contributed by atoms with Gasteiger partial charge in [-0.1, -0.05) is 74.6 Å². The van der Waals surface area contributed by atoms with Crippen LogP contribution >= 0.6 is 0 Å². The molecule has 0 saturated heterocycles. The summed E-state index contributed by atoms with van der Waals surface area (Å²) >= 11 is 0. The minimum absolute atomic E-state index is 0.0344. The molecule has 0 heterocycles. The Balaban J connectivity index is 1.25. The minimum atomic E-state index is -0.976. The highest BCUT2D eigenvalue weighted by molar-refractivity contribution is 5.39. The van der Waals surface area contributed by atoms with E-state index in [0.29, 0.717) is 28.9 Å². The predicted octanol–water partition coefficient (Wildman–Crippen LogP) is 6.29. The third kappa shape index (κ3) is 11.7. The van der Waals surface area contributed by atoms with Crippen molar-refractivity contribution in [1.82, 2.24) is 0 Å². The van der Waals surface area contributed by atoms with Crippen LogP contribution < -0.4 is 4.74 Å². The first-order valence-corrected chi connectivity index (χ1v) is 15.3. The van der Waals surface area contributed by atoms with E-state index in [0.717, 1.165) is 70.1 Å². The van der Waals surface area contributed by atoms with E-state index < -0.39 is 12.2 Å². The number of unbranched alkanes of at least 4 members (excludes halogenated alkanes) is 6. The lowest BCUT2D eigenvalue weighted by Crippen LogP contribution is -2.11. The number of aliphatic hydroxyl groups excluding tert-OH is 4. The van der Waals surface area contributed by atoms with Crippen LogP contribution in [0.25, 0.3) is 0 Å². The summed E-state index contributed by atoms with van der Waals surface area (Å²) in [6.45, 7) is 1.02. The van der Waals surface area contributed by atoms with Gasteiger partial charge in [-0.25, -0.2) is 0 Å². The van der Waals surface area contributed by atoms with Crippen LogP contribution in [0.1, 0.15) is 97.8 Å². The van der Waals surface area contributed by atoms with E-state index in [1.165, 1.54) is 24.1 Å². The molecule has 0 aromatic heterocycles. The van der Waals surface area contributed by atoms with Crippen molar-refractivity contribution in [3.8, 4) is 11.5 Å². The average Bonchev–Trinajstić information content (AvgIpc) is 3.02. The number of hydrogen-bond acceptors (Lipinski definition) is 7. The molecule has 0 spiro atoms. The molecule has 7 heteroatoms. The minimum Gasteiger partial charge on any atom is -0.508 e. The molecule has 2 atom stereocenters. The van der Waals surface area contributed by atoms with Crippen molar-refractivity contribution in [2.24, 2.45) is 0 Å². The first-order chi connectivity index (χ1) is 20.5. The summed E-state index contributed by atoms with van der Waals surface area (Å²) in [6.07, 6.45) is 9.01. The van der Waals surface area contributed by atoms with Crippen LogP contribution in [0.2, 0.25) is 0 Å². The number of aliphatic hydroxyl groups is 4. The Morgan fingerprint density at radius 1 is 0.619 bits per heavy atom. The zero-order valence-corrected chi connectivity index (χ0v) is 24.7. The average molecular weight is 581 g/mol. The van der Waals surface area contributed by atoms with Crippen LogP contribution in [0.15, 0.2) is 66.7 Å². The quantitative estimate of drug-likeness (QED) is 0.0939. The Bertz CT molecular complexity index is 1150. The zero-order valence-electron chi connectivity index (χ0n) is 24.7. The highest BCUT2D eigenvalue weighted by atomic mass is 16.5. The molecular formula is C35H48O7. The van der Waals surface area contributed by atoms with E-state index in [-0.39, 0.29) is 25.6 Å². The number of hydrogen-bond donors (Lipinski definition) is 5. The summed E-state index contributed by atoms with van der Waals surface area (Å²) in [4.78, 5) is 0. The van der Waals surface area contributed by atoms with Gasteiger partial charge in [0.2, 0.25) is 0 Å². The van der Waals surface area contributed by atoms with Crippen LogP contribution in [0.4, 0.5) is 0 Å². The lowest BCUT2D eigenvalue weighted by atomic mass is 10.00. The van der Waals surface area contributed by atoms with Gasteiger partial charge in [0.15, 0.2) is 0 Å². The van der Waals surface area contributed by atoms with Gasteiger partial charge in [-0.2, -0.15) is 0 Å². The largest absolute Gasteiger partial charge is 0.508 e. The van der Waals surface area contributed by atoms with Crippen LogP contribution in [-0.4, -0.2) is 45.4 Å². The second-order valence-electron chi connectivity index (χ2n) is 10.9. The molecule has 230 valence electrons. The van der Waals surface area contributed by atoms with Gasteiger partial charge in [0.25, 0.3) is 0 Å². The van der Waals surface area contributed by atoms with E-state index in [4.69, 9.17) is 9.47 Å². The molecule has 0 fully saturated rings. The van der Waals surface area contributed by atoms with E-state index in [2.05, 4.69) is 30.3 Å². The standard InChI is InChI=1S/C35H48O7/c36-24-30-22-29(16-18-33(30)39)34(40)26-42-35-19-17-28(23-31(35)25-37)32(38)15-8-3-1-2-4-10-20-41-21-11-9-14-27-12-6-5-7-13-27/h5-7,12-13,16-19,22-23,32,34,36-40H,1-4,8-11,14-15,20-21,24-26H2. The van der Waals surface area contributed by atoms with Crippen molar-refractivity contribution in [3.05, 3.63) is 94.5 Å². The Kier molecular flexibility index (Phi) is 15.4. The van der Waals surface area contributed by atoms with Crippen LogP contribution in [-0.2, 0) is 24.4 Å². The second kappa shape index (κ2) is 19.3. The first kappa shape index (κ1) is 33.6. The summed E-state index contributed by atoms with van der Waals surface area (Å²) in [6, 6.07) is 20.3. The van der Waals surface area contributed by atoms with Gasteiger partial charge in [0.05, 0.1) is 19.3 Å². The smallest absolute Gasteiger partial charge is 0.124 e. The summed E-state index contributed by atoms with van der Waals surface area (Å²) < 4.78 is 11.5. The highest BCUT2D eigenvalue weighted by Gasteiger charge is 2.15. The zero-order chi connectivity index (χ0) is 30.0. The third-order valence-electron chi connectivity index (χ3n) is 7.56. The van der Waals surface area contributed by atoms with Gasteiger partial charge in [-0.05, 0) is 73.1 Å². The maximum Gasteiger partial charge on any atom is 0.124 e. The van der Waals surface area contributed by atoms with Crippen LogP contribution in [0, 0.1) is 0 Å². The number of benzene rings is 3. The molecule has 0 aliphatic carbocycles. The van der Waals surface area contributed by atoms with E-state index in [9.17, 15) is 25.5 Å². The van der Waals surface area contributed by atoms with Gasteiger partial charge in [0.1, 0.15) is 24.2 Å². The Hall–Kier alpha value is -2.94. The molecule has 3 aromatic carbocycles. The van der Waals surface area contributed by atoms with Crippen molar-refractivity contribution in [2.45, 2.75) is 89.6 Å². The van der Waals surface area contributed by atoms with Crippen molar-refractivity contribution in [2.75, 3.05) is 19.8 Å². The fraction of sp³-hybridized carbons (Fsp3) is 0.486. The predicted molar refractivity (Wildman–Crippen MR) is 164 cm³/mol. The molecule has 2 unspecified atom stereocenters. The normalized spacial score (nSPS) is 12.8. The number of phenols is 1. The Morgan fingerprint density at radius 3 is 1.98 bits per heavy atom. The lowest BCUT2D eigenvalue weighted by Gasteiger charge is -2.18. The molecule has 0 aliphatic rings. The van der Waals surface area contributed by atoms with E-state index >= 15 is 0 Å². The fourth-order valence-electron chi connectivity index (χ4n) is 4.97. The number of ether oxygens (including phenoxy) is 2. The summed E-state index contributed by atoms with van der Waals surface area (Å²) in [5, 5.41) is 50.0. The van der Waals surface area contributed by atoms with E-state index in [1.807, 2.05) is 0 Å². The molecule has 3 aromatic rings. The van der Waals surface area contributed by atoms with Gasteiger partial charge in [-0.15, -0.1) is 0 Å². The maximum atomic E-state index is 10.7. The molecule has 0 aliphatic heterocycles. The highest BCUT2D eigenvalue weighted by Crippen LogP contribution is 2.28. The summed E-state index contributed by atoms with van der Waals surface area (Å²) in [5.41, 5.74) is 3.50. The third-order valence-corrected chi connectivity index (χ3v) is 7.56. The molecule has 0 amide bonds. The van der Waals surface area contributed by atoms with E-state index in [1.54, 1.807) is 24.3 Å². The monoisotopic (exact) mass is 580 g/mol. The molecule has 3 rings (SSSR count). The number of aromatic hydroxyl groups is 1. The maximum absolute atomic E-state index is 10.7. The molecule has 5 N–H and O–H groups in total. The molecular weight excluding hydrogens is 532 g/mol. The van der Waals surface area contributed by atoms with Crippen molar-refractivity contribution < 1.29 is 35.0 Å². The molecule has 7 nitrogen and oxygen atoms in total. The molecule has 0 bridgehead atoms. The summed E-state index contributed by atoms with van der Waals surface area (Å²) in [7, 11) is 0. The number of rotatable bonds is 21.